The summed E-state index contributed by atoms with van der Waals surface area (Å²) in [5.41, 5.74) is 1.61. The number of ether oxygens (including phenoxy) is 1. The van der Waals surface area contributed by atoms with Crippen molar-refractivity contribution >= 4 is 17.6 Å². The Morgan fingerprint density at radius 1 is 1.15 bits per heavy atom. The number of rotatable bonds is 5. The molecule has 1 saturated carbocycles. The summed E-state index contributed by atoms with van der Waals surface area (Å²) in [5.74, 6) is 0.115. The number of hydrogen-bond donors (Lipinski definition) is 1. The van der Waals surface area contributed by atoms with E-state index in [1.165, 1.54) is 10.5 Å². The number of nitriles is 1. The number of carbonyl (C=O) groups excluding carboxylic acids is 1. The number of carbonyl (C=O) groups is 1. The third-order valence-corrected chi connectivity index (χ3v) is 5.94. The molecule has 1 fully saturated rings. The third kappa shape index (κ3) is 4.80. The Bertz CT molecular complexity index is 1330. The Kier molecular flexibility index (Phi) is 6.55. The molecule has 0 radical (unpaired) electrons. The van der Waals surface area contributed by atoms with Crippen molar-refractivity contribution in [1.82, 2.24) is 14.7 Å². The molecular weight excluding hydrogens is 416 g/mol. The van der Waals surface area contributed by atoms with Crippen molar-refractivity contribution in [1.29, 1.82) is 5.26 Å². The number of aryl methyl sites for hydroxylation is 2. The topological polar surface area (TPSA) is 96.5 Å². The number of nitrogens with zero attached hydrogens (tertiary/aromatic N) is 3. The van der Waals surface area contributed by atoms with Crippen molar-refractivity contribution in [3.05, 3.63) is 75.2 Å². The van der Waals surface area contributed by atoms with E-state index in [0.717, 1.165) is 43.2 Å². The first-order valence-corrected chi connectivity index (χ1v) is 11.2. The van der Waals surface area contributed by atoms with Crippen molar-refractivity contribution in [2.45, 2.75) is 52.0 Å². The Hall–Kier alpha value is -3.92. The van der Waals surface area contributed by atoms with Gasteiger partial charge in [-0.15, -0.1) is 0 Å². The van der Waals surface area contributed by atoms with Crippen molar-refractivity contribution in [3.8, 4) is 17.7 Å². The second kappa shape index (κ2) is 9.70. The van der Waals surface area contributed by atoms with Crippen molar-refractivity contribution < 1.29 is 9.53 Å². The molecule has 1 aromatic carbocycles. The lowest BCUT2D eigenvalue weighted by atomic mass is 9.95. The average Bonchev–Trinajstić information content (AvgIpc) is 2.82. The zero-order valence-corrected chi connectivity index (χ0v) is 18.8. The van der Waals surface area contributed by atoms with Gasteiger partial charge in [0.15, 0.2) is 0 Å². The molecule has 2 heterocycles. The lowest BCUT2D eigenvalue weighted by Gasteiger charge is -2.22. The smallest absolute Gasteiger partial charge is 0.269 e. The first-order chi connectivity index (χ1) is 16.0. The van der Waals surface area contributed by atoms with E-state index in [4.69, 9.17) is 4.74 Å². The molecule has 0 atom stereocenters. The first kappa shape index (κ1) is 22.3. The number of benzene rings is 1. The Morgan fingerprint density at radius 3 is 2.61 bits per heavy atom. The van der Waals surface area contributed by atoms with Gasteiger partial charge in [-0.3, -0.25) is 14.0 Å². The van der Waals surface area contributed by atoms with Crippen LogP contribution >= 0.6 is 0 Å². The molecule has 2 aromatic heterocycles. The van der Waals surface area contributed by atoms with E-state index in [0.29, 0.717) is 11.4 Å². The molecule has 168 valence electrons. The summed E-state index contributed by atoms with van der Waals surface area (Å²) in [6.07, 6.45) is 7.96. The molecule has 1 N–H and O–H groups in total. The maximum atomic E-state index is 13.4. The number of para-hydroxylation sites is 1. The number of pyridine rings is 1. The summed E-state index contributed by atoms with van der Waals surface area (Å²) in [5, 5.41) is 12.6. The van der Waals surface area contributed by atoms with Crippen LogP contribution in [0, 0.1) is 25.2 Å². The molecule has 7 nitrogen and oxygen atoms in total. The molecule has 7 heteroatoms. The third-order valence-electron chi connectivity index (χ3n) is 5.94. The Labute approximate surface area is 192 Å². The van der Waals surface area contributed by atoms with Crippen molar-refractivity contribution in [2.75, 3.05) is 0 Å². The molecule has 1 aliphatic carbocycles. The van der Waals surface area contributed by atoms with E-state index in [1.807, 2.05) is 44.2 Å². The van der Waals surface area contributed by atoms with Crippen LogP contribution in [0.4, 0.5) is 0 Å². The minimum absolute atomic E-state index is 0.0455. The van der Waals surface area contributed by atoms with Gasteiger partial charge in [0.05, 0.1) is 0 Å². The molecule has 1 amide bonds. The molecule has 0 saturated heterocycles. The SMILES string of the molecule is Cc1ccccc1Oc1nc2c(C)cccn2c(=O)c1/C=C(\C#N)C(=O)NC1CCCCC1. The second-order valence-corrected chi connectivity index (χ2v) is 8.37. The first-order valence-electron chi connectivity index (χ1n) is 11.2. The molecule has 3 aromatic rings. The van der Waals surface area contributed by atoms with E-state index in [-0.39, 0.29) is 23.1 Å². The molecule has 0 aliphatic heterocycles. The fraction of sp³-hybridized carbons (Fsp3) is 0.308. The number of amides is 1. The van der Waals surface area contributed by atoms with Crippen LogP contribution in [0.5, 0.6) is 11.6 Å². The highest BCUT2D eigenvalue weighted by Gasteiger charge is 2.21. The molecule has 0 bridgehead atoms. The van der Waals surface area contributed by atoms with Crippen LogP contribution < -0.4 is 15.6 Å². The number of fused-ring (bicyclic) bond motifs is 1. The summed E-state index contributed by atoms with van der Waals surface area (Å²) in [6.45, 7) is 3.75. The lowest BCUT2D eigenvalue weighted by Crippen LogP contribution is -2.36. The van der Waals surface area contributed by atoms with Crippen LogP contribution in [-0.2, 0) is 4.79 Å². The molecular formula is C26H26N4O3. The Balaban J connectivity index is 1.81. The van der Waals surface area contributed by atoms with Crippen LogP contribution in [0.3, 0.4) is 0 Å². The maximum Gasteiger partial charge on any atom is 0.269 e. The largest absolute Gasteiger partial charge is 0.438 e. The van der Waals surface area contributed by atoms with Crippen LogP contribution in [0.25, 0.3) is 11.7 Å². The summed E-state index contributed by atoms with van der Waals surface area (Å²) < 4.78 is 7.45. The summed E-state index contributed by atoms with van der Waals surface area (Å²) in [6, 6.07) is 13.0. The quantitative estimate of drug-likeness (QED) is 0.465. The van der Waals surface area contributed by atoms with Gasteiger partial charge in [-0.1, -0.05) is 43.5 Å². The number of aromatic nitrogens is 2. The highest BCUT2D eigenvalue weighted by molar-refractivity contribution is 6.02. The van der Waals surface area contributed by atoms with E-state index < -0.39 is 11.5 Å². The van der Waals surface area contributed by atoms with Gasteiger partial charge in [0.25, 0.3) is 11.5 Å². The molecule has 4 rings (SSSR count). The van der Waals surface area contributed by atoms with Gasteiger partial charge in [-0.2, -0.15) is 10.2 Å². The van der Waals surface area contributed by atoms with Gasteiger partial charge >= 0.3 is 0 Å². The minimum atomic E-state index is -0.486. The highest BCUT2D eigenvalue weighted by Crippen LogP contribution is 2.27. The molecule has 33 heavy (non-hydrogen) atoms. The van der Waals surface area contributed by atoms with E-state index >= 15 is 0 Å². The minimum Gasteiger partial charge on any atom is -0.438 e. The van der Waals surface area contributed by atoms with Crippen LogP contribution in [0.15, 0.2) is 53.0 Å². The summed E-state index contributed by atoms with van der Waals surface area (Å²) >= 11 is 0. The standard InChI is InChI=1S/C26H26N4O3/c1-17-9-6-7-13-22(17)33-25-21(26(32)30-14-8-10-18(2)23(30)29-25)15-19(16-27)24(31)28-20-11-4-3-5-12-20/h6-10,13-15,20H,3-5,11-12H2,1-2H3,(H,28,31)/b19-15+. The van der Waals surface area contributed by atoms with Crippen LogP contribution in [0.2, 0.25) is 0 Å². The molecule has 0 unspecified atom stereocenters. The molecule has 1 aliphatic rings. The van der Waals surface area contributed by atoms with E-state index in [9.17, 15) is 14.9 Å². The van der Waals surface area contributed by atoms with Gasteiger partial charge in [-0.05, 0) is 56.0 Å². The summed E-state index contributed by atoms with van der Waals surface area (Å²) in [4.78, 5) is 30.8. The van der Waals surface area contributed by atoms with Gasteiger partial charge in [-0.25, -0.2) is 0 Å². The lowest BCUT2D eigenvalue weighted by molar-refractivity contribution is -0.117. The predicted octanol–water partition coefficient (Wildman–Crippen LogP) is 4.46. The van der Waals surface area contributed by atoms with Gasteiger partial charge < -0.3 is 10.1 Å². The Morgan fingerprint density at radius 2 is 1.88 bits per heavy atom. The highest BCUT2D eigenvalue weighted by atomic mass is 16.5. The summed E-state index contributed by atoms with van der Waals surface area (Å²) in [7, 11) is 0. The van der Waals surface area contributed by atoms with Crippen LogP contribution in [0.1, 0.15) is 48.8 Å². The normalized spacial score (nSPS) is 14.6. The van der Waals surface area contributed by atoms with Gasteiger partial charge in [0.1, 0.15) is 28.6 Å². The van der Waals surface area contributed by atoms with E-state index in [1.54, 1.807) is 18.3 Å². The van der Waals surface area contributed by atoms with Gasteiger partial charge in [0, 0.05) is 12.2 Å². The monoisotopic (exact) mass is 442 g/mol. The fourth-order valence-electron chi connectivity index (χ4n) is 4.07. The second-order valence-electron chi connectivity index (χ2n) is 8.37. The predicted molar refractivity (Wildman–Crippen MR) is 126 cm³/mol. The zero-order valence-electron chi connectivity index (χ0n) is 18.8. The van der Waals surface area contributed by atoms with Gasteiger partial charge in [0.2, 0.25) is 5.88 Å². The van der Waals surface area contributed by atoms with Crippen molar-refractivity contribution in [2.24, 2.45) is 0 Å². The average molecular weight is 443 g/mol. The maximum absolute atomic E-state index is 13.4. The zero-order chi connectivity index (χ0) is 23.4. The number of nitrogens with one attached hydrogen (secondary N) is 1. The molecule has 0 spiro atoms. The fourth-order valence-corrected chi connectivity index (χ4v) is 4.07. The van der Waals surface area contributed by atoms with Crippen LogP contribution in [-0.4, -0.2) is 21.3 Å². The van der Waals surface area contributed by atoms with E-state index in [2.05, 4.69) is 10.3 Å². The number of hydrogen-bond acceptors (Lipinski definition) is 5. The van der Waals surface area contributed by atoms with Crippen molar-refractivity contribution in [3.63, 3.8) is 0 Å².